The second kappa shape index (κ2) is 8.37. The van der Waals surface area contributed by atoms with Gasteiger partial charge in [0.2, 0.25) is 15.9 Å². The number of fused-ring (bicyclic) bond motifs is 3. The monoisotopic (exact) mass is 456 g/mol. The number of carbonyl (C=O) groups excluding carboxylic acids is 1. The largest absolute Gasteiger partial charge is 0.351 e. The fourth-order valence-corrected chi connectivity index (χ4v) is 6.88. The molecule has 11 heteroatoms. The molecule has 1 atom stereocenters. The van der Waals surface area contributed by atoms with Crippen LogP contribution in [-0.4, -0.2) is 59.7 Å². The van der Waals surface area contributed by atoms with E-state index in [0.29, 0.717) is 24.7 Å². The number of hydrogen-bond acceptors (Lipinski definition) is 7. The lowest BCUT2D eigenvalue weighted by atomic mass is 10.1. The molecule has 0 aromatic carbocycles. The summed E-state index contributed by atoms with van der Waals surface area (Å²) in [5.41, 5.74) is 1.07. The lowest BCUT2D eigenvalue weighted by Crippen LogP contribution is -2.49. The number of thiophene rings is 1. The van der Waals surface area contributed by atoms with Gasteiger partial charge < -0.3 is 10.3 Å². The predicted octanol–water partition coefficient (Wildman–Crippen LogP) is 1.25. The summed E-state index contributed by atoms with van der Waals surface area (Å²) < 4.78 is 24.8. The van der Waals surface area contributed by atoms with Gasteiger partial charge in [-0.3, -0.25) is 9.59 Å². The number of piperidine rings is 1. The maximum Gasteiger partial charge on any atom is 0.259 e. The van der Waals surface area contributed by atoms with Gasteiger partial charge in [0.15, 0.2) is 0 Å². The number of hydrogen-bond donors (Lipinski definition) is 2. The Hall–Kier alpha value is -1.43. The van der Waals surface area contributed by atoms with Crippen molar-refractivity contribution in [3.8, 4) is 0 Å². The first-order valence-electron chi connectivity index (χ1n) is 9.67. The number of thioether (sulfide) groups is 1. The number of aromatic amines is 1. The molecule has 8 nitrogen and oxygen atoms in total. The van der Waals surface area contributed by atoms with Crippen LogP contribution in [0.2, 0.25) is 0 Å². The molecule has 0 bridgehead atoms. The molecule has 0 saturated carbocycles. The molecule has 1 aliphatic heterocycles. The molecule has 2 aliphatic rings. The van der Waals surface area contributed by atoms with Gasteiger partial charge in [-0.05, 0) is 37.7 Å². The molecule has 3 heterocycles. The minimum absolute atomic E-state index is 0.0856. The number of carbonyl (C=O) groups is 1. The number of nitrogens with zero attached hydrogens (tertiary/aromatic N) is 2. The zero-order chi connectivity index (χ0) is 20.6. The Kier molecular flexibility index (Phi) is 6.01. The third-order valence-corrected chi connectivity index (χ3v) is 8.71. The average Bonchev–Trinajstić information content (AvgIpc) is 3.22. The molecule has 4 rings (SSSR count). The van der Waals surface area contributed by atoms with Crippen LogP contribution in [0.3, 0.4) is 0 Å². The van der Waals surface area contributed by atoms with Crippen LogP contribution in [0.1, 0.15) is 35.5 Å². The first-order chi connectivity index (χ1) is 13.8. The molecule has 2 aromatic rings. The third kappa shape index (κ3) is 4.68. The van der Waals surface area contributed by atoms with E-state index in [1.54, 1.807) is 11.3 Å². The maximum absolute atomic E-state index is 12.5. The van der Waals surface area contributed by atoms with Gasteiger partial charge >= 0.3 is 0 Å². The molecule has 1 amide bonds. The van der Waals surface area contributed by atoms with Gasteiger partial charge in [0.05, 0.1) is 23.1 Å². The molecule has 1 unspecified atom stereocenters. The number of sulfonamides is 1. The van der Waals surface area contributed by atoms with Crippen molar-refractivity contribution in [1.82, 2.24) is 19.6 Å². The van der Waals surface area contributed by atoms with Crippen LogP contribution in [0.4, 0.5) is 0 Å². The third-order valence-electron chi connectivity index (χ3n) is 5.31. The van der Waals surface area contributed by atoms with E-state index in [1.807, 2.05) is 0 Å². The molecule has 1 aliphatic carbocycles. The Morgan fingerprint density at radius 1 is 1.38 bits per heavy atom. The number of amides is 1. The van der Waals surface area contributed by atoms with E-state index < -0.39 is 10.0 Å². The predicted molar refractivity (Wildman–Crippen MR) is 116 cm³/mol. The molecule has 29 heavy (non-hydrogen) atoms. The van der Waals surface area contributed by atoms with Crippen LogP contribution < -0.4 is 10.9 Å². The summed E-state index contributed by atoms with van der Waals surface area (Å²) in [6.07, 6.45) is 5.79. The van der Waals surface area contributed by atoms with E-state index in [-0.39, 0.29) is 23.3 Å². The molecule has 2 aromatic heterocycles. The summed E-state index contributed by atoms with van der Waals surface area (Å²) in [5.74, 6) is 1.13. The van der Waals surface area contributed by atoms with Gasteiger partial charge in [-0.15, -0.1) is 23.1 Å². The summed E-state index contributed by atoms with van der Waals surface area (Å²) in [6, 6.07) is -0.158. The van der Waals surface area contributed by atoms with Crippen LogP contribution in [0, 0.1) is 0 Å². The highest BCUT2D eigenvalue weighted by Crippen LogP contribution is 2.34. The van der Waals surface area contributed by atoms with Crippen LogP contribution in [-0.2, 0) is 33.4 Å². The Balaban J connectivity index is 1.31. The van der Waals surface area contributed by atoms with E-state index in [0.717, 1.165) is 47.9 Å². The molecule has 1 saturated heterocycles. The zero-order valence-electron chi connectivity index (χ0n) is 16.2. The molecular weight excluding hydrogens is 432 g/mol. The number of H-pyrrole nitrogens is 1. The molecule has 0 spiro atoms. The number of aryl methyl sites for hydroxylation is 2. The quantitative estimate of drug-likeness (QED) is 0.677. The molecular formula is C18H24N4O4S3. The van der Waals surface area contributed by atoms with Crippen molar-refractivity contribution in [2.75, 3.05) is 25.1 Å². The van der Waals surface area contributed by atoms with Crippen molar-refractivity contribution in [2.24, 2.45) is 0 Å². The van der Waals surface area contributed by atoms with Gasteiger partial charge in [0.25, 0.3) is 5.56 Å². The minimum Gasteiger partial charge on any atom is -0.351 e. The Morgan fingerprint density at radius 3 is 3.00 bits per heavy atom. The van der Waals surface area contributed by atoms with Crippen LogP contribution >= 0.6 is 23.1 Å². The van der Waals surface area contributed by atoms with E-state index in [4.69, 9.17) is 0 Å². The van der Waals surface area contributed by atoms with Crippen molar-refractivity contribution in [1.29, 1.82) is 0 Å². The summed E-state index contributed by atoms with van der Waals surface area (Å²) in [5, 5.41) is 3.66. The summed E-state index contributed by atoms with van der Waals surface area (Å²) in [4.78, 5) is 34.2. The van der Waals surface area contributed by atoms with Crippen LogP contribution in [0.25, 0.3) is 10.2 Å². The van der Waals surface area contributed by atoms with Gasteiger partial charge in [0.1, 0.15) is 10.7 Å². The fraction of sp³-hybridized carbons (Fsp3) is 0.611. The minimum atomic E-state index is -3.23. The molecule has 1 fully saturated rings. The highest BCUT2D eigenvalue weighted by Gasteiger charge is 2.26. The van der Waals surface area contributed by atoms with Gasteiger partial charge in [-0.2, -0.15) is 0 Å². The SMILES string of the molecule is CS(=O)(=O)N1CCCC(NC(=O)CSCc2nc3sc4c(c3c(=O)[nH]2)CCC4)C1. The lowest BCUT2D eigenvalue weighted by Gasteiger charge is -2.31. The van der Waals surface area contributed by atoms with Crippen LogP contribution in [0.5, 0.6) is 0 Å². The average molecular weight is 457 g/mol. The highest BCUT2D eigenvalue weighted by molar-refractivity contribution is 7.99. The van der Waals surface area contributed by atoms with Crippen molar-refractivity contribution in [2.45, 2.75) is 43.9 Å². The molecule has 158 valence electrons. The summed E-state index contributed by atoms with van der Waals surface area (Å²) in [7, 11) is -3.23. The maximum atomic E-state index is 12.5. The summed E-state index contributed by atoms with van der Waals surface area (Å²) >= 11 is 2.99. The highest BCUT2D eigenvalue weighted by atomic mass is 32.2. The van der Waals surface area contributed by atoms with E-state index in [2.05, 4.69) is 15.3 Å². The van der Waals surface area contributed by atoms with Gasteiger partial charge in [-0.1, -0.05) is 0 Å². The number of nitrogens with one attached hydrogen (secondary N) is 2. The smallest absolute Gasteiger partial charge is 0.259 e. The Labute approximate surface area is 177 Å². The van der Waals surface area contributed by atoms with Crippen molar-refractivity contribution in [3.63, 3.8) is 0 Å². The topological polar surface area (TPSA) is 112 Å². The lowest BCUT2D eigenvalue weighted by molar-refractivity contribution is -0.119. The van der Waals surface area contributed by atoms with Gasteiger partial charge in [-0.25, -0.2) is 17.7 Å². The molecule has 0 radical (unpaired) electrons. The van der Waals surface area contributed by atoms with Crippen LogP contribution in [0.15, 0.2) is 4.79 Å². The van der Waals surface area contributed by atoms with Gasteiger partial charge in [0, 0.05) is 24.0 Å². The summed E-state index contributed by atoms with van der Waals surface area (Å²) in [6.45, 7) is 0.831. The van der Waals surface area contributed by atoms with Crippen molar-refractivity contribution < 1.29 is 13.2 Å². The standard InChI is InChI=1S/C18H24N4O4S3/c1-29(25,26)22-7-3-4-11(8-22)19-15(23)10-27-9-14-20-17(24)16-12-5-2-6-13(12)28-18(16)21-14/h11H,2-10H2,1H3,(H,19,23)(H,20,21,24). The Morgan fingerprint density at radius 2 is 2.21 bits per heavy atom. The van der Waals surface area contributed by atoms with E-state index in [1.165, 1.54) is 27.2 Å². The molecule has 2 N–H and O–H groups in total. The van der Waals surface area contributed by atoms with Crippen molar-refractivity contribution in [3.05, 3.63) is 26.6 Å². The fourth-order valence-electron chi connectivity index (χ4n) is 3.99. The normalized spacial score (nSPS) is 20.1. The first-order valence-corrected chi connectivity index (χ1v) is 13.5. The van der Waals surface area contributed by atoms with E-state index >= 15 is 0 Å². The number of aromatic nitrogens is 2. The second-order valence-corrected chi connectivity index (χ2v) is 11.6. The zero-order valence-corrected chi connectivity index (χ0v) is 18.6. The Bertz CT molecular complexity index is 1090. The van der Waals surface area contributed by atoms with E-state index in [9.17, 15) is 18.0 Å². The second-order valence-electron chi connectivity index (χ2n) is 7.57. The first kappa shape index (κ1) is 20.8. The number of rotatable bonds is 6. The van der Waals surface area contributed by atoms with Crippen molar-refractivity contribution >= 4 is 49.2 Å².